The number of halogens is 5. The molecular weight excluding hydrogens is 513 g/mol. The lowest BCUT2D eigenvalue weighted by Crippen LogP contribution is -2.49. The average Bonchev–Trinajstić information content (AvgIpc) is 3.29. The first kappa shape index (κ1) is 25.5. The summed E-state index contributed by atoms with van der Waals surface area (Å²) in [6.07, 6.45) is 2.17. The number of benzene rings is 2. The van der Waals surface area contributed by atoms with Gasteiger partial charge in [0.2, 0.25) is 5.91 Å². The molecule has 1 heterocycles. The topological polar surface area (TPSA) is 46.9 Å². The summed E-state index contributed by atoms with van der Waals surface area (Å²) >= 11 is 0. The van der Waals surface area contributed by atoms with E-state index in [9.17, 15) is 26.7 Å². The molecule has 1 aromatic heterocycles. The number of anilines is 1. The largest absolute Gasteiger partial charge is 0.392 e. The number of hydrogen-bond acceptors (Lipinski definition) is 2. The van der Waals surface area contributed by atoms with Crippen LogP contribution in [0.25, 0.3) is 11.8 Å². The number of amides is 1. The van der Waals surface area contributed by atoms with E-state index in [0.29, 0.717) is 24.9 Å². The summed E-state index contributed by atoms with van der Waals surface area (Å²) in [4.78, 5) is 13.4. The molecule has 0 bridgehead atoms. The fourth-order valence-electron chi connectivity index (χ4n) is 6.69. The summed E-state index contributed by atoms with van der Waals surface area (Å²) in [5.41, 5.74) is 4.20. The summed E-state index contributed by atoms with van der Waals surface area (Å²) in [5.74, 6) is -5.22. The number of aromatic nitrogens is 2. The maximum atomic E-state index is 14.2. The van der Waals surface area contributed by atoms with Crippen molar-refractivity contribution < 1.29 is 26.7 Å². The number of carbonyl (C=O) groups excluding carboxylic acids is 1. The molecule has 3 aliphatic rings. The quantitative estimate of drug-likeness (QED) is 0.281. The second-order valence-electron chi connectivity index (χ2n) is 10.8. The second kappa shape index (κ2) is 9.17. The van der Waals surface area contributed by atoms with E-state index in [-0.39, 0.29) is 17.9 Å². The van der Waals surface area contributed by atoms with Crippen LogP contribution in [0, 0.1) is 34.8 Å². The normalized spacial score (nSPS) is 26.1. The molecule has 39 heavy (non-hydrogen) atoms. The summed E-state index contributed by atoms with van der Waals surface area (Å²) in [7, 11) is 0. The average molecular weight is 540 g/mol. The molecular formula is C30H26F5N3O. The van der Waals surface area contributed by atoms with Crippen molar-refractivity contribution in [1.82, 2.24) is 9.78 Å². The van der Waals surface area contributed by atoms with Crippen LogP contribution >= 0.6 is 0 Å². The van der Waals surface area contributed by atoms with Crippen LogP contribution in [0.15, 0.2) is 72.0 Å². The van der Waals surface area contributed by atoms with Gasteiger partial charge in [-0.2, -0.15) is 18.3 Å². The number of fused-ring (bicyclic) bond motifs is 4. The molecule has 1 N–H and O–H groups in total. The van der Waals surface area contributed by atoms with Gasteiger partial charge in [0.25, 0.3) is 0 Å². The Labute approximate surface area is 222 Å². The van der Waals surface area contributed by atoms with E-state index in [1.807, 2.05) is 6.92 Å². The van der Waals surface area contributed by atoms with Crippen molar-refractivity contribution in [2.24, 2.45) is 23.2 Å². The van der Waals surface area contributed by atoms with Crippen molar-refractivity contribution >= 4 is 17.7 Å². The van der Waals surface area contributed by atoms with Crippen LogP contribution in [0.4, 0.5) is 27.6 Å². The first-order valence-electron chi connectivity index (χ1n) is 12.9. The van der Waals surface area contributed by atoms with Gasteiger partial charge in [0.15, 0.2) is 0 Å². The van der Waals surface area contributed by atoms with Crippen LogP contribution in [0.3, 0.4) is 0 Å². The van der Waals surface area contributed by atoms with Gasteiger partial charge in [0, 0.05) is 11.1 Å². The predicted molar refractivity (Wildman–Crippen MR) is 137 cm³/mol. The third-order valence-electron chi connectivity index (χ3n) is 8.58. The van der Waals surface area contributed by atoms with Crippen molar-refractivity contribution in [3.63, 3.8) is 0 Å². The van der Waals surface area contributed by atoms with Gasteiger partial charge >= 0.3 is 6.18 Å². The van der Waals surface area contributed by atoms with E-state index >= 15 is 0 Å². The minimum atomic E-state index is -4.54. The molecule has 6 rings (SSSR count). The van der Waals surface area contributed by atoms with E-state index < -0.39 is 41.1 Å². The molecule has 3 aliphatic carbocycles. The highest BCUT2D eigenvalue weighted by atomic mass is 19.4. The van der Waals surface area contributed by atoms with Crippen LogP contribution in [0.1, 0.15) is 37.4 Å². The van der Waals surface area contributed by atoms with Gasteiger partial charge in [-0.15, -0.1) is 0 Å². The molecule has 202 valence electrons. The SMILES string of the molecule is C[C@]12Cc3cnn(-c4ccc(F)cc4)c3C=C1CC[C@H]1C2=CC[C@@H](C(F)(F)F)[C@@H]1C(=O)Nc1ccc(F)cc1. The summed E-state index contributed by atoms with van der Waals surface area (Å²) in [5, 5.41) is 7.13. The van der Waals surface area contributed by atoms with Crippen LogP contribution in [0.2, 0.25) is 0 Å². The predicted octanol–water partition coefficient (Wildman–Crippen LogP) is 7.27. The fourth-order valence-corrected chi connectivity index (χ4v) is 6.69. The van der Waals surface area contributed by atoms with Crippen molar-refractivity contribution in [2.75, 3.05) is 5.32 Å². The first-order valence-corrected chi connectivity index (χ1v) is 12.9. The molecule has 3 aromatic rings. The Balaban J connectivity index is 1.35. The molecule has 0 saturated heterocycles. The van der Waals surface area contributed by atoms with Crippen molar-refractivity contribution in [3.05, 3.63) is 94.8 Å². The molecule has 0 radical (unpaired) electrons. The third-order valence-corrected chi connectivity index (χ3v) is 8.58. The molecule has 0 unspecified atom stereocenters. The van der Waals surface area contributed by atoms with Gasteiger partial charge in [-0.1, -0.05) is 24.1 Å². The highest BCUT2D eigenvalue weighted by Gasteiger charge is 2.56. The lowest BCUT2D eigenvalue weighted by molar-refractivity contribution is -0.196. The molecule has 0 spiro atoms. The molecule has 1 fully saturated rings. The number of nitrogens with one attached hydrogen (secondary N) is 1. The second-order valence-corrected chi connectivity index (χ2v) is 10.8. The van der Waals surface area contributed by atoms with E-state index in [1.165, 1.54) is 24.3 Å². The summed E-state index contributed by atoms with van der Waals surface area (Å²) in [6.45, 7) is 2.04. The number of nitrogens with zero attached hydrogens (tertiary/aromatic N) is 2. The minimum absolute atomic E-state index is 0.261. The lowest BCUT2D eigenvalue weighted by Gasteiger charge is -2.50. The molecule has 1 saturated carbocycles. The Kier molecular flexibility index (Phi) is 6.00. The monoisotopic (exact) mass is 539 g/mol. The van der Waals surface area contributed by atoms with Crippen LogP contribution in [-0.4, -0.2) is 21.9 Å². The number of hydrogen-bond donors (Lipinski definition) is 1. The van der Waals surface area contributed by atoms with Crippen molar-refractivity contribution in [1.29, 1.82) is 0 Å². The zero-order valence-electron chi connectivity index (χ0n) is 21.1. The lowest BCUT2D eigenvalue weighted by atomic mass is 9.54. The van der Waals surface area contributed by atoms with Crippen LogP contribution in [-0.2, 0) is 11.2 Å². The van der Waals surface area contributed by atoms with Gasteiger partial charge in [-0.3, -0.25) is 4.79 Å². The Hall–Kier alpha value is -3.75. The van der Waals surface area contributed by atoms with Gasteiger partial charge in [0.05, 0.1) is 29.4 Å². The van der Waals surface area contributed by atoms with E-state index in [2.05, 4.69) is 16.5 Å². The Morgan fingerprint density at radius 1 is 1.05 bits per heavy atom. The maximum Gasteiger partial charge on any atom is 0.392 e. The zero-order chi connectivity index (χ0) is 27.5. The molecule has 1 amide bonds. The molecule has 4 atom stereocenters. The fraction of sp³-hybridized carbons (Fsp3) is 0.333. The minimum Gasteiger partial charge on any atom is -0.326 e. The van der Waals surface area contributed by atoms with Gasteiger partial charge in [-0.25, -0.2) is 13.5 Å². The maximum absolute atomic E-state index is 14.2. The van der Waals surface area contributed by atoms with Crippen LogP contribution in [0.5, 0.6) is 0 Å². The number of allylic oxidation sites excluding steroid dienone is 3. The zero-order valence-corrected chi connectivity index (χ0v) is 21.1. The summed E-state index contributed by atoms with van der Waals surface area (Å²) in [6, 6.07) is 11.1. The Bertz CT molecular complexity index is 1490. The standard InChI is InChI=1S/C30H26F5N3O/c1-29-15-17-16-36-38(22-9-5-20(32)6-10-22)26(17)14-18(29)2-11-23-24(29)12-13-25(30(33,34)35)27(23)28(39)37-21-7-3-19(31)4-8-21/h3-10,12,14,16,23,25,27H,2,11,13,15H2,1H3,(H,37,39)/t23-,25+,27+,29-/m0/s1. The van der Waals surface area contributed by atoms with E-state index in [4.69, 9.17) is 0 Å². The Morgan fingerprint density at radius 3 is 2.38 bits per heavy atom. The van der Waals surface area contributed by atoms with Crippen molar-refractivity contribution in [2.45, 2.75) is 38.8 Å². The van der Waals surface area contributed by atoms with Gasteiger partial charge in [-0.05, 0) is 91.8 Å². The summed E-state index contributed by atoms with van der Waals surface area (Å²) < 4.78 is 71.2. The molecule has 9 heteroatoms. The molecule has 0 aliphatic heterocycles. The number of carbonyl (C=O) groups is 1. The van der Waals surface area contributed by atoms with E-state index in [0.717, 1.165) is 34.5 Å². The highest BCUT2D eigenvalue weighted by molar-refractivity contribution is 5.93. The smallest absolute Gasteiger partial charge is 0.326 e. The van der Waals surface area contributed by atoms with Gasteiger partial charge < -0.3 is 5.32 Å². The number of rotatable bonds is 3. The molecule has 2 aromatic carbocycles. The highest BCUT2D eigenvalue weighted by Crippen LogP contribution is 2.59. The van der Waals surface area contributed by atoms with Crippen molar-refractivity contribution in [3.8, 4) is 5.69 Å². The van der Waals surface area contributed by atoms with Crippen LogP contribution < -0.4 is 5.32 Å². The Morgan fingerprint density at radius 2 is 1.72 bits per heavy atom. The first-order chi connectivity index (χ1) is 18.5. The molecule has 4 nitrogen and oxygen atoms in total. The number of alkyl halides is 3. The van der Waals surface area contributed by atoms with E-state index in [1.54, 1.807) is 29.1 Å². The third kappa shape index (κ3) is 4.37. The van der Waals surface area contributed by atoms with Gasteiger partial charge in [0.1, 0.15) is 11.6 Å².